The van der Waals surface area contributed by atoms with E-state index in [4.69, 9.17) is 10.7 Å². The summed E-state index contributed by atoms with van der Waals surface area (Å²) >= 11 is 0. The van der Waals surface area contributed by atoms with Crippen molar-refractivity contribution >= 4 is 28.7 Å². The van der Waals surface area contributed by atoms with Crippen molar-refractivity contribution in [1.82, 2.24) is 14.7 Å². The van der Waals surface area contributed by atoms with Crippen molar-refractivity contribution in [1.29, 1.82) is 0 Å². The molecule has 4 N–H and O–H groups in total. The molecule has 168 valence electrons. The number of imidazole rings is 1. The third-order valence-corrected chi connectivity index (χ3v) is 5.39. The average Bonchev–Trinajstić information content (AvgIpc) is 3.17. The monoisotopic (exact) mass is 444 g/mol. The van der Waals surface area contributed by atoms with Gasteiger partial charge in [0.25, 0.3) is 11.6 Å². The summed E-state index contributed by atoms with van der Waals surface area (Å²) in [5, 5.41) is 17.3. The molecule has 9 nitrogen and oxygen atoms in total. The Morgan fingerprint density at radius 2 is 1.82 bits per heavy atom. The van der Waals surface area contributed by atoms with Crippen LogP contribution in [-0.4, -0.2) is 33.3 Å². The van der Waals surface area contributed by atoms with Crippen LogP contribution in [0.5, 0.6) is 0 Å². The number of nitrogens with zero attached hydrogens (tertiary/aromatic N) is 3. The zero-order valence-electron chi connectivity index (χ0n) is 18.3. The van der Waals surface area contributed by atoms with Crippen LogP contribution in [0.25, 0.3) is 16.9 Å². The van der Waals surface area contributed by atoms with E-state index in [9.17, 15) is 14.9 Å². The van der Waals surface area contributed by atoms with E-state index in [2.05, 4.69) is 10.6 Å². The van der Waals surface area contributed by atoms with Gasteiger partial charge >= 0.3 is 0 Å². The number of amides is 1. The number of non-ortho nitro benzene ring substituents is 1. The van der Waals surface area contributed by atoms with Crippen LogP contribution >= 0.6 is 0 Å². The molecule has 4 aromatic rings. The molecule has 0 unspecified atom stereocenters. The number of benzene rings is 2. The maximum Gasteiger partial charge on any atom is 0.269 e. The highest BCUT2D eigenvalue weighted by Gasteiger charge is 2.18. The predicted octanol–water partition coefficient (Wildman–Crippen LogP) is 3.96. The van der Waals surface area contributed by atoms with Crippen molar-refractivity contribution in [3.63, 3.8) is 0 Å². The largest absolute Gasteiger partial charge is 0.351 e. The summed E-state index contributed by atoms with van der Waals surface area (Å²) in [5.74, 6) is 0.470. The number of fused-ring (bicyclic) bond motifs is 1. The standard InChI is InChI=1S/C24H24N6O3/c1-15-4-3-5-16(2)21(15)28-23-22(17-6-8-19(9-7-17)30(32)33)27-20-14-18(10-13-29(20)23)24(31)26-12-11-25/h3-10,13-14,28H,11-12,25H2,1-2H3,(H,26,31). The number of nitrogens with two attached hydrogens (primary N) is 1. The van der Waals surface area contributed by atoms with Crippen LogP contribution in [0.15, 0.2) is 60.8 Å². The minimum Gasteiger partial charge on any atom is -0.351 e. The van der Waals surface area contributed by atoms with Crippen LogP contribution in [0.3, 0.4) is 0 Å². The van der Waals surface area contributed by atoms with Crippen molar-refractivity contribution < 1.29 is 9.72 Å². The molecule has 0 saturated heterocycles. The van der Waals surface area contributed by atoms with E-state index in [1.807, 2.05) is 36.4 Å². The van der Waals surface area contributed by atoms with Gasteiger partial charge in [0.15, 0.2) is 0 Å². The van der Waals surface area contributed by atoms with Crippen molar-refractivity contribution in [2.75, 3.05) is 18.4 Å². The molecule has 2 aromatic heterocycles. The first-order valence-corrected chi connectivity index (χ1v) is 10.5. The Bertz CT molecular complexity index is 1320. The lowest BCUT2D eigenvalue weighted by Gasteiger charge is -2.14. The molecule has 9 heteroatoms. The van der Waals surface area contributed by atoms with Crippen molar-refractivity contribution in [2.45, 2.75) is 13.8 Å². The second kappa shape index (κ2) is 9.09. The first-order chi connectivity index (χ1) is 15.9. The summed E-state index contributed by atoms with van der Waals surface area (Å²) in [6, 6.07) is 15.7. The molecule has 2 aromatic carbocycles. The van der Waals surface area contributed by atoms with Gasteiger partial charge in [-0.3, -0.25) is 19.3 Å². The highest BCUT2D eigenvalue weighted by Crippen LogP contribution is 2.34. The third-order valence-electron chi connectivity index (χ3n) is 5.39. The second-order valence-electron chi connectivity index (χ2n) is 7.69. The van der Waals surface area contributed by atoms with Crippen molar-refractivity contribution in [3.05, 3.63) is 87.6 Å². The Morgan fingerprint density at radius 3 is 2.45 bits per heavy atom. The zero-order valence-corrected chi connectivity index (χ0v) is 18.3. The Kier molecular flexibility index (Phi) is 6.05. The van der Waals surface area contributed by atoms with Gasteiger partial charge in [0.1, 0.15) is 17.2 Å². The van der Waals surface area contributed by atoms with Crippen LogP contribution in [-0.2, 0) is 0 Å². The van der Waals surface area contributed by atoms with Gasteiger partial charge < -0.3 is 16.4 Å². The number of nitrogens with one attached hydrogen (secondary N) is 2. The van der Waals surface area contributed by atoms with Crippen LogP contribution in [0.1, 0.15) is 21.5 Å². The van der Waals surface area contributed by atoms with Gasteiger partial charge in [-0.2, -0.15) is 0 Å². The smallest absolute Gasteiger partial charge is 0.269 e. The van der Waals surface area contributed by atoms with Crippen LogP contribution in [0, 0.1) is 24.0 Å². The van der Waals surface area contributed by atoms with Crippen molar-refractivity contribution in [2.24, 2.45) is 5.73 Å². The van der Waals surface area contributed by atoms with Gasteiger partial charge in [0.05, 0.1) is 4.92 Å². The minimum absolute atomic E-state index is 0.00522. The number of aromatic nitrogens is 2. The summed E-state index contributed by atoms with van der Waals surface area (Å²) in [7, 11) is 0. The molecule has 0 aliphatic rings. The van der Waals surface area contributed by atoms with Crippen LogP contribution < -0.4 is 16.4 Å². The molecule has 0 aliphatic carbocycles. The Morgan fingerprint density at radius 1 is 1.12 bits per heavy atom. The molecule has 0 saturated carbocycles. The number of hydrogen-bond acceptors (Lipinski definition) is 6. The maximum absolute atomic E-state index is 12.4. The topological polar surface area (TPSA) is 128 Å². The number of hydrogen-bond donors (Lipinski definition) is 3. The Balaban J connectivity index is 1.85. The lowest BCUT2D eigenvalue weighted by Crippen LogP contribution is -2.29. The molecular weight excluding hydrogens is 420 g/mol. The number of pyridine rings is 1. The van der Waals surface area contributed by atoms with Gasteiger partial charge in [-0.15, -0.1) is 0 Å². The molecule has 2 heterocycles. The van der Waals surface area contributed by atoms with E-state index in [1.165, 1.54) is 12.1 Å². The molecule has 0 spiro atoms. The number of anilines is 2. The quantitative estimate of drug-likeness (QED) is 0.292. The van der Waals surface area contributed by atoms with Gasteiger partial charge in [0, 0.05) is 48.2 Å². The lowest BCUT2D eigenvalue weighted by molar-refractivity contribution is -0.384. The van der Waals surface area contributed by atoms with E-state index < -0.39 is 4.92 Å². The third kappa shape index (κ3) is 4.39. The summed E-state index contributed by atoms with van der Waals surface area (Å²) in [6.45, 7) is 4.77. The summed E-state index contributed by atoms with van der Waals surface area (Å²) in [4.78, 5) is 27.8. The second-order valence-corrected chi connectivity index (χ2v) is 7.69. The SMILES string of the molecule is Cc1cccc(C)c1Nc1c(-c2ccc([N+](=O)[O-])cc2)nc2cc(C(=O)NCCN)ccn12. The molecule has 4 rings (SSSR count). The van der Waals surface area contributed by atoms with Gasteiger partial charge in [-0.25, -0.2) is 4.98 Å². The number of aryl methyl sites for hydroxylation is 2. The Labute approximate surface area is 190 Å². The number of carbonyl (C=O) groups is 1. The van der Waals surface area contributed by atoms with E-state index in [0.29, 0.717) is 41.4 Å². The summed E-state index contributed by atoms with van der Waals surface area (Å²) in [5.41, 5.74) is 10.9. The van der Waals surface area contributed by atoms with Gasteiger partial charge in [-0.1, -0.05) is 18.2 Å². The fourth-order valence-corrected chi connectivity index (χ4v) is 3.67. The number of rotatable bonds is 7. The predicted molar refractivity (Wildman–Crippen MR) is 128 cm³/mol. The summed E-state index contributed by atoms with van der Waals surface area (Å²) < 4.78 is 1.86. The number of nitro groups is 1. The van der Waals surface area contributed by atoms with E-state index in [0.717, 1.165) is 16.8 Å². The Hall–Kier alpha value is -4.24. The normalized spacial score (nSPS) is 10.9. The van der Waals surface area contributed by atoms with Crippen molar-refractivity contribution in [3.8, 4) is 11.3 Å². The molecule has 0 radical (unpaired) electrons. The van der Waals surface area contributed by atoms with Crippen LogP contribution in [0.2, 0.25) is 0 Å². The lowest BCUT2D eigenvalue weighted by atomic mass is 10.1. The molecule has 0 aliphatic heterocycles. The molecule has 33 heavy (non-hydrogen) atoms. The van der Waals surface area contributed by atoms with E-state index in [-0.39, 0.29) is 11.6 Å². The first-order valence-electron chi connectivity index (χ1n) is 10.5. The molecule has 0 atom stereocenters. The fourth-order valence-electron chi connectivity index (χ4n) is 3.67. The fraction of sp³-hybridized carbons (Fsp3) is 0.167. The highest BCUT2D eigenvalue weighted by molar-refractivity contribution is 5.95. The van der Waals surface area contributed by atoms with E-state index >= 15 is 0 Å². The van der Waals surface area contributed by atoms with E-state index in [1.54, 1.807) is 30.5 Å². The zero-order chi connectivity index (χ0) is 23.5. The molecule has 1 amide bonds. The minimum atomic E-state index is -0.435. The molecule has 0 fully saturated rings. The number of para-hydroxylation sites is 1. The van der Waals surface area contributed by atoms with Gasteiger partial charge in [-0.05, 0) is 49.2 Å². The molecular formula is C24H24N6O3. The first kappa shape index (κ1) is 22.0. The number of carbonyl (C=O) groups excluding carboxylic acids is 1. The molecule has 0 bridgehead atoms. The summed E-state index contributed by atoms with van der Waals surface area (Å²) in [6.07, 6.45) is 1.78. The van der Waals surface area contributed by atoms with Gasteiger partial charge in [0.2, 0.25) is 0 Å². The maximum atomic E-state index is 12.4. The van der Waals surface area contributed by atoms with Crippen LogP contribution in [0.4, 0.5) is 17.2 Å². The highest BCUT2D eigenvalue weighted by atomic mass is 16.6. The number of nitro benzene ring substituents is 1. The average molecular weight is 444 g/mol.